The van der Waals surface area contributed by atoms with Crippen molar-refractivity contribution in [3.8, 4) is 0 Å². The summed E-state index contributed by atoms with van der Waals surface area (Å²) >= 11 is 0. The molecule has 0 aromatic heterocycles. The van der Waals surface area contributed by atoms with Gasteiger partial charge in [-0.2, -0.15) is 0 Å². The first-order valence-corrected chi connectivity index (χ1v) is 11.4. The fourth-order valence-corrected chi connectivity index (χ4v) is 3.59. The van der Waals surface area contributed by atoms with Gasteiger partial charge >= 0.3 is 0 Å². The van der Waals surface area contributed by atoms with Crippen molar-refractivity contribution in [3.05, 3.63) is 84.1 Å². The van der Waals surface area contributed by atoms with Crippen LogP contribution in [-0.2, 0) is 13.1 Å². The van der Waals surface area contributed by atoms with E-state index in [1.54, 1.807) is 0 Å². The molecule has 1 heteroatoms. The Kier molecular flexibility index (Phi) is 11.9. The molecule has 0 atom stereocenters. The van der Waals surface area contributed by atoms with Crippen LogP contribution in [0.15, 0.2) is 72.9 Å². The molecule has 2 aromatic rings. The van der Waals surface area contributed by atoms with Crippen molar-refractivity contribution < 1.29 is 0 Å². The second kappa shape index (κ2) is 15.0. The smallest absolute Gasteiger partial charge is 0.0427 e. The first kappa shape index (κ1) is 22.3. The van der Waals surface area contributed by atoms with Crippen LogP contribution < -0.4 is 0 Å². The average Bonchev–Trinajstić information content (AvgIpc) is 2.73. The zero-order chi connectivity index (χ0) is 19.7. The molecule has 0 radical (unpaired) electrons. The van der Waals surface area contributed by atoms with Crippen molar-refractivity contribution in [2.45, 2.75) is 84.2 Å². The molecule has 28 heavy (non-hydrogen) atoms. The van der Waals surface area contributed by atoms with Gasteiger partial charge in [-0.25, -0.2) is 0 Å². The molecule has 0 aliphatic carbocycles. The summed E-state index contributed by atoms with van der Waals surface area (Å²) < 4.78 is 0. The largest absolute Gasteiger partial charge is 0.369 e. The van der Waals surface area contributed by atoms with E-state index < -0.39 is 0 Å². The van der Waals surface area contributed by atoms with Crippen LogP contribution in [0.4, 0.5) is 0 Å². The lowest BCUT2D eigenvalue weighted by Crippen LogP contribution is -2.16. The highest BCUT2D eigenvalue weighted by Gasteiger charge is 2.02. The van der Waals surface area contributed by atoms with Crippen LogP contribution in [0.3, 0.4) is 0 Å². The Bertz CT molecular complexity index is 576. The first-order valence-electron chi connectivity index (χ1n) is 11.4. The molecule has 0 heterocycles. The third-order valence-electron chi connectivity index (χ3n) is 5.25. The van der Waals surface area contributed by atoms with Crippen LogP contribution in [-0.4, -0.2) is 4.90 Å². The van der Waals surface area contributed by atoms with E-state index in [1.807, 2.05) is 0 Å². The maximum Gasteiger partial charge on any atom is 0.0427 e. The monoisotopic (exact) mass is 377 g/mol. The van der Waals surface area contributed by atoms with Gasteiger partial charge in [0.2, 0.25) is 0 Å². The van der Waals surface area contributed by atoms with E-state index >= 15 is 0 Å². The predicted molar refractivity (Wildman–Crippen MR) is 123 cm³/mol. The highest BCUT2D eigenvalue weighted by molar-refractivity contribution is 5.17. The van der Waals surface area contributed by atoms with Gasteiger partial charge in [0.25, 0.3) is 0 Å². The number of allylic oxidation sites excluding steroid dienone is 1. The fraction of sp³-hybridized carbons (Fsp3) is 0.481. The van der Waals surface area contributed by atoms with Crippen molar-refractivity contribution in [2.75, 3.05) is 0 Å². The molecule has 0 aliphatic rings. The van der Waals surface area contributed by atoms with Gasteiger partial charge in [-0.3, -0.25) is 0 Å². The highest BCUT2D eigenvalue weighted by Crippen LogP contribution is 2.13. The minimum atomic E-state index is 0.962. The lowest BCUT2D eigenvalue weighted by molar-refractivity contribution is 0.360. The molecule has 0 spiro atoms. The molecule has 1 nitrogen and oxygen atoms in total. The number of unbranched alkanes of at least 4 members (excludes halogenated alkanes) is 9. The van der Waals surface area contributed by atoms with Gasteiger partial charge in [-0.05, 0) is 30.2 Å². The van der Waals surface area contributed by atoms with Crippen LogP contribution in [0.1, 0.15) is 82.3 Å². The number of nitrogens with zero attached hydrogens (tertiary/aromatic N) is 1. The molecular formula is C27H39N. The van der Waals surface area contributed by atoms with Crippen LogP contribution in [0.2, 0.25) is 0 Å². The molecule has 0 saturated carbocycles. The van der Waals surface area contributed by atoms with Crippen LogP contribution in [0.25, 0.3) is 0 Å². The van der Waals surface area contributed by atoms with Gasteiger partial charge in [-0.15, -0.1) is 0 Å². The molecule has 0 bridgehead atoms. The van der Waals surface area contributed by atoms with E-state index in [0.29, 0.717) is 0 Å². The standard InChI is InChI=1S/C27H39N/c1-2-3-4-5-6-7-8-9-10-11-18-23-28(24-26-19-14-12-15-20-26)25-27-21-16-13-17-22-27/h12-23H,2-11,24-25H2,1H3/b23-18-. The minimum absolute atomic E-state index is 0.962. The molecule has 0 N–H and O–H groups in total. The number of hydrogen-bond donors (Lipinski definition) is 0. The zero-order valence-corrected chi connectivity index (χ0v) is 17.9. The van der Waals surface area contributed by atoms with Gasteiger partial charge in [-0.1, -0.05) is 125 Å². The van der Waals surface area contributed by atoms with Gasteiger partial charge < -0.3 is 4.90 Å². The van der Waals surface area contributed by atoms with E-state index in [0.717, 1.165) is 13.1 Å². The summed E-state index contributed by atoms with van der Waals surface area (Å²) in [4.78, 5) is 2.43. The zero-order valence-electron chi connectivity index (χ0n) is 17.9. The van der Waals surface area contributed by atoms with Gasteiger partial charge in [0.1, 0.15) is 0 Å². The number of benzene rings is 2. The third kappa shape index (κ3) is 10.3. The summed E-state index contributed by atoms with van der Waals surface area (Å²) in [6, 6.07) is 21.5. The first-order chi connectivity index (χ1) is 13.9. The lowest BCUT2D eigenvalue weighted by Gasteiger charge is -2.21. The molecule has 2 aromatic carbocycles. The van der Waals surface area contributed by atoms with E-state index in [1.165, 1.54) is 75.3 Å². The van der Waals surface area contributed by atoms with Crippen molar-refractivity contribution in [3.63, 3.8) is 0 Å². The Morgan fingerprint density at radius 2 is 1.07 bits per heavy atom. The molecule has 0 fully saturated rings. The summed E-state index contributed by atoms with van der Waals surface area (Å²) in [6.07, 6.45) is 18.4. The second-order valence-corrected chi connectivity index (χ2v) is 7.88. The summed E-state index contributed by atoms with van der Waals surface area (Å²) in [6.45, 7) is 4.21. The van der Waals surface area contributed by atoms with E-state index in [9.17, 15) is 0 Å². The van der Waals surface area contributed by atoms with Crippen molar-refractivity contribution in [1.29, 1.82) is 0 Å². The van der Waals surface area contributed by atoms with E-state index in [-0.39, 0.29) is 0 Å². The normalized spacial score (nSPS) is 11.2. The van der Waals surface area contributed by atoms with Gasteiger partial charge in [0.15, 0.2) is 0 Å². The SMILES string of the molecule is CCCCCCCCCCC/C=C\N(Cc1ccccc1)Cc1ccccc1. The summed E-state index contributed by atoms with van der Waals surface area (Å²) in [5, 5.41) is 0. The lowest BCUT2D eigenvalue weighted by atomic mass is 10.1. The third-order valence-corrected chi connectivity index (χ3v) is 5.25. The van der Waals surface area contributed by atoms with Crippen LogP contribution >= 0.6 is 0 Å². The topological polar surface area (TPSA) is 3.24 Å². The quantitative estimate of drug-likeness (QED) is 0.283. The molecule has 0 saturated heterocycles. The summed E-state index contributed by atoms with van der Waals surface area (Å²) in [7, 11) is 0. The molecule has 0 amide bonds. The Morgan fingerprint density at radius 3 is 1.57 bits per heavy atom. The molecule has 0 aliphatic heterocycles. The molecule has 2 rings (SSSR count). The second-order valence-electron chi connectivity index (χ2n) is 7.88. The Balaban J connectivity index is 1.69. The maximum absolute atomic E-state index is 2.43. The number of rotatable bonds is 15. The maximum atomic E-state index is 2.43. The molecule has 152 valence electrons. The number of hydrogen-bond acceptors (Lipinski definition) is 1. The van der Waals surface area contributed by atoms with Crippen molar-refractivity contribution in [1.82, 2.24) is 4.90 Å². The summed E-state index contributed by atoms with van der Waals surface area (Å²) in [5.74, 6) is 0. The Morgan fingerprint density at radius 1 is 0.607 bits per heavy atom. The van der Waals surface area contributed by atoms with Crippen molar-refractivity contribution in [2.24, 2.45) is 0 Å². The highest BCUT2D eigenvalue weighted by atomic mass is 15.1. The van der Waals surface area contributed by atoms with Crippen LogP contribution in [0.5, 0.6) is 0 Å². The van der Waals surface area contributed by atoms with E-state index in [4.69, 9.17) is 0 Å². The Labute approximate surface area is 173 Å². The fourth-order valence-electron chi connectivity index (χ4n) is 3.59. The van der Waals surface area contributed by atoms with Gasteiger partial charge in [0.05, 0.1) is 0 Å². The predicted octanol–water partition coefficient (Wildman–Crippen LogP) is 8.12. The minimum Gasteiger partial charge on any atom is -0.369 e. The summed E-state index contributed by atoms with van der Waals surface area (Å²) in [5.41, 5.74) is 2.73. The van der Waals surface area contributed by atoms with Crippen LogP contribution in [0, 0.1) is 0 Å². The van der Waals surface area contributed by atoms with Crippen molar-refractivity contribution >= 4 is 0 Å². The molecular weight excluding hydrogens is 338 g/mol. The average molecular weight is 378 g/mol. The van der Waals surface area contributed by atoms with Gasteiger partial charge in [0, 0.05) is 13.1 Å². The Hall–Kier alpha value is -2.02. The van der Waals surface area contributed by atoms with E-state index in [2.05, 4.69) is 84.8 Å². The molecule has 0 unspecified atom stereocenters.